The van der Waals surface area contributed by atoms with E-state index in [1.807, 2.05) is 36.6 Å². The molecule has 0 aromatic heterocycles. The van der Waals surface area contributed by atoms with Crippen LogP contribution in [0.4, 0.5) is 5.69 Å². The molecule has 0 fully saturated rings. The zero-order valence-corrected chi connectivity index (χ0v) is 18.2. The summed E-state index contributed by atoms with van der Waals surface area (Å²) in [7, 11) is 3.60. The summed E-state index contributed by atoms with van der Waals surface area (Å²) in [5.74, 6) is 6.40. The Morgan fingerprint density at radius 1 is 1.32 bits per heavy atom. The minimum Gasteiger partial charge on any atom is -0.434 e. The number of anilines is 1. The van der Waals surface area contributed by atoms with Crippen molar-refractivity contribution in [1.82, 2.24) is 5.01 Å². The lowest BCUT2D eigenvalue weighted by Gasteiger charge is -2.30. The van der Waals surface area contributed by atoms with E-state index in [0.717, 1.165) is 10.6 Å². The van der Waals surface area contributed by atoms with E-state index >= 15 is 0 Å². The molecule has 3 rings (SSSR count). The van der Waals surface area contributed by atoms with Crippen LogP contribution in [0.25, 0.3) is 0 Å². The van der Waals surface area contributed by atoms with E-state index in [4.69, 9.17) is 10.6 Å². The van der Waals surface area contributed by atoms with Gasteiger partial charge in [-0.1, -0.05) is 30.3 Å². The molecule has 1 unspecified atom stereocenters. The summed E-state index contributed by atoms with van der Waals surface area (Å²) in [6.45, 7) is 0. The number of hydrogen-bond donors (Lipinski definition) is 1. The van der Waals surface area contributed by atoms with Crippen molar-refractivity contribution in [1.29, 1.82) is 5.26 Å². The number of nitro groups is 1. The van der Waals surface area contributed by atoms with Crippen molar-refractivity contribution in [2.75, 3.05) is 25.3 Å². The molecule has 10 heteroatoms. The van der Waals surface area contributed by atoms with Gasteiger partial charge in [-0.2, -0.15) is 5.26 Å². The number of rotatable bonds is 7. The smallest absolute Gasteiger partial charge is 0.351 e. The molecule has 0 radical (unpaired) electrons. The summed E-state index contributed by atoms with van der Waals surface area (Å²) < 4.78 is 5.94. The van der Waals surface area contributed by atoms with Gasteiger partial charge in [-0.25, -0.2) is 15.8 Å². The van der Waals surface area contributed by atoms with Crippen molar-refractivity contribution >= 4 is 23.2 Å². The predicted molar refractivity (Wildman–Crippen MR) is 121 cm³/mol. The average Bonchev–Trinajstić information content (AvgIpc) is 2.76. The molecular formula is C21H22N6O3S. The predicted octanol–water partition coefficient (Wildman–Crippen LogP) is 2.97. The number of nitrogens with two attached hydrogens (primary N) is 1. The SMILES string of the molecule is CSC1N=C(Cc2ccccc2)C([N+](=O)[O-])=C(Oc2ccc(C#N)c(N(C)C)c2)N1N. The van der Waals surface area contributed by atoms with Gasteiger partial charge in [0, 0.05) is 26.6 Å². The second-order valence-corrected chi connectivity index (χ2v) is 7.80. The molecule has 160 valence electrons. The van der Waals surface area contributed by atoms with E-state index in [1.165, 1.54) is 11.8 Å². The van der Waals surface area contributed by atoms with E-state index in [2.05, 4.69) is 11.1 Å². The van der Waals surface area contributed by atoms with Gasteiger partial charge in [-0.05, 0) is 24.0 Å². The minimum atomic E-state index is -0.580. The van der Waals surface area contributed by atoms with E-state index < -0.39 is 10.4 Å². The Morgan fingerprint density at radius 2 is 2.03 bits per heavy atom. The van der Waals surface area contributed by atoms with Crippen LogP contribution < -0.4 is 15.5 Å². The van der Waals surface area contributed by atoms with E-state index in [0.29, 0.717) is 17.0 Å². The van der Waals surface area contributed by atoms with Crippen molar-refractivity contribution in [3.05, 3.63) is 81.4 Å². The first-order valence-electron chi connectivity index (χ1n) is 9.31. The van der Waals surface area contributed by atoms with E-state index in [-0.39, 0.29) is 23.7 Å². The fraction of sp³-hybridized carbons (Fsp3) is 0.238. The highest BCUT2D eigenvalue weighted by Gasteiger charge is 2.38. The van der Waals surface area contributed by atoms with Gasteiger partial charge in [-0.15, -0.1) is 11.8 Å². The third kappa shape index (κ3) is 4.79. The van der Waals surface area contributed by atoms with Gasteiger partial charge in [0.15, 0.2) is 5.50 Å². The number of nitrogens with zero attached hydrogens (tertiary/aromatic N) is 5. The van der Waals surface area contributed by atoms with Gasteiger partial charge >= 0.3 is 5.70 Å². The number of ether oxygens (including phenoxy) is 1. The lowest BCUT2D eigenvalue weighted by molar-refractivity contribution is -0.419. The summed E-state index contributed by atoms with van der Waals surface area (Å²) in [6, 6.07) is 16.3. The Morgan fingerprint density at radius 3 is 2.61 bits per heavy atom. The molecule has 9 nitrogen and oxygen atoms in total. The van der Waals surface area contributed by atoms with Crippen LogP contribution in [-0.2, 0) is 6.42 Å². The standard InChI is InChI=1S/C21H22N6O3S/c1-25(2)18-12-16(10-9-15(18)13-22)30-20-19(27(28)29)17(24-21(31-3)26(20)23)11-14-7-5-4-6-8-14/h4-10,12,21H,11,23H2,1-3H3. The fourth-order valence-electron chi connectivity index (χ4n) is 3.12. The van der Waals surface area contributed by atoms with Gasteiger partial charge in [0.2, 0.25) is 0 Å². The van der Waals surface area contributed by atoms with E-state index in [9.17, 15) is 15.4 Å². The van der Waals surface area contributed by atoms with Crippen LogP contribution in [0.1, 0.15) is 11.1 Å². The number of allylic oxidation sites excluding steroid dienone is 1. The molecule has 0 saturated carbocycles. The molecule has 0 aliphatic carbocycles. The third-order valence-electron chi connectivity index (χ3n) is 4.61. The Hall–Kier alpha value is -3.55. The van der Waals surface area contributed by atoms with Gasteiger partial charge in [-0.3, -0.25) is 10.1 Å². The van der Waals surface area contributed by atoms with Crippen LogP contribution in [0.15, 0.2) is 65.1 Å². The average molecular weight is 439 g/mol. The maximum atomic E-state index is 12.0. The monoisotopic (exact) mass is 438 g/mol. The number of thioether (sulfide) groups is 1. The quantitative estimate of drug-likeness (QED) is 0.398. The number of benzene rings is 2. The number of aliphatic imine (C=N–C) groups is 1. The van der Waals surface area contributed by atoms with Crippen LogP contribution in [-0.4, -0.2) is 41.5 Å². The lowest BCUT2D eigenvalue weighted by Crippen LogP contribution is -2.45. The van der Waals surface area contributed by atoms with Crippen LogP contribution in [0, 0.1) is 21.4 Å². The van der Waals surface area contributed by atoms with Crippen molar-refractivity contribution < 1.29 is 9.66 Å². The maximum absolute atomic E-state index is 12.0. The van der Waals surface area contributed by atoms with Crippen molar-refractivity contribution in [3.63, 3.8) is 0 Å². The number of hydrazine groups is 1. The first-order chi connectivity index (χ1) is 14.8. The molecule has 1 aliphatic rings. The molecule has 0 spiro atoms. The molecule has 1 heterocycles. The maximum Gasteiger partial charge on any atom is 0.351 e. The molecule has 0 amide bonds. The largest absolute Gasteiger partial charge is 0.434 e. The van der Waals surface area contributed by atoms with Gasteiger partial charge in [0.05, 0.1) is 16.2 Å². The lowest BCUT2D eigenvalue weighted by atomic mass is 10.1. The fourth-order valence-corrected chi connectivity index (χ4v) is 3.68. The zero-order valence-electron chi connectivity index (χ0n) is 17.3. The van der Waals surface area contributed by atoms with Gasteiger partial charge in [0.1, 0.15) is 17.5 Å². The van der Waals surface area contributed by atoms with Crippen LogP contribution in [0.5, 0.6) is 5.75 Å². The molecule has 2 N–H and O–H groups in total. The molecule has 1 aliphatic heterocycles. The molecule has 1 atom stereocenters. The van der Waals surface area contributed by atoms with E-state index in [1.54, 1.807) is 37.2 Å². The molecule has 31 heavy (non-hydrogen) atoms. The first kappa shape index (κ1) is 22.1. The zero-order chi connectivity index (χ0) is 22.5. The van der Waals surface area contributed by atoms with Crippen LogP contribution in [0.3, 0.4) is 0 Å². The van der Waals surface area contributed by atoms with Crippen LogP contribution >= 0.6 is 11.8 Å². The summed E-state index contributed by atoms with van der Waals surface area (Å²) in [5, 5.41) is 22.5. The van der Waals surface area contributed by atoms with Crippen molar-refractivity contribution in [3.8, 4) is 11.8 Å². The normalized spacial score (nSPS) is 15.9. The highest BCUT2D eigenvalue weighted by molar-refractivity contribution is 7.99. The Labute approximate surface area is 184 Å². The van der Waals surface area contributed by atoms with Gasteiger partial charge < -0.3 is 9.64 Å². The molecule has 2 aromatic rings. The molecule has 0 bridgehead atoms. The summed E-state index contributed by atoms with van der Waals surface area (Å²) in [5.41, 5.74) is 1.40. The summed E-state index contributed by atoms with van der Waals surface area (Å²) in [4.78, 5) is 17.8. The minimum absolute atomic E-state index is 0.0975. The highest BCUT2D eigenvalue weighted by Crippen LogP contribution is 2.31. The highest BCUT2D eigenvalue weighted by atomic mass is 32.2. The third-order valence-corrected chi connectivity index (χ3v) is 5.36. The number of hydrogen-bond acceptors (Lipinski definition) is 9. The molecule has 2 aromatic carbocycles. The van der Waals surface area contributed by atoms with Crippen molar-refractivity contribution in [2.45, 2.75) is 11.9 Å². The topological polar surface area (TPSA) is 121 Å². The van der Waals surface area contributed by atoms with Crippen molar-refractivity contribution in [2.24, 2.45) is 10.8 Å². The first-order valence-corrected chi connectivity index (χ1v) is 10.6. The summed E-state index contributed by atoms with van der Waals surface area (Å²) >= 11 is 1.34. The number of nitriles is 1. The van der Waals surface area contributed by atoms with Crippen LogP contribution in [0.2, 0.25) is 0 Å². The Kier molecular flexibility index (Phi) is 6.79. The Balaban J connectivity index is 2.07. The molecular weight excluding hydrogens is 416 g/mol. The second kappa shape index (κ2) is 9.51. The molecule has 0 saturated heterocycles. The second-order valence-electron chi connectivity index (χ2n) is 6.91. The summed E-state index contributed by atoms with van der Waals surface area (Å²) in [6.07, 6.45) is 2.08. The van der Waals surface area contributed by atoms with Gasteiger partial charge in [0.25, 0.3) is 5.88 Å². The Bertz CT molecular complexity index is 1080.